The molecule has 0 fully saturated rings. The van der Waals surface area contributed by atoms with Crippen molar-refractivity contribution in [2.45, 2.75) is 64.5 Å². The third kappa shape index (κ3) is 9.51. The average molecular weight is 777 g/mol. The first-order valence-corrected chi connectivity index (χ1v) is 18.9. The number of phenols is 2. The topological polar surface area (TPSA) is 191 Å². The maximum atomic E-state index is 14.6. The Morgan fingerprint density at radius 3 is 2.23 bits per heavy atom. The molecule has 5 rings (SSSR count). The van der Waals surface area contributed by atoms with E-state index in [9.17, 15) is 39.4 Å². The highest BCUT2D eigenvalue weighted by Crippen LogP contribution is 2.41. The van der Waals surface area contributed by atoms with Crippen LogP contribution >= 0.6 is 11.6 Å². The van der Waals surface area contributed by atoms with Crippen LogP contribution in [0.1, 0.15) is 79.0 Å². The van der Waals surface area contributed by atoms with Gasteiger partial charge in [0.25, 0.3) is 0 Å². The van der Waals surface area contributed by atoms with Crippen LogP contribution in [0.15, 0.2) is 78.9 Å². The second kappa shape index (κ2) is 18.2. The largest absolute Gasteiger partial charge is 0.507 e. The predicted molar refractivity (Wildman–Crippen MR) is 213 cm³/mol. The Kier molecular flexibility index (Phi) is 13.4. The highest BCUT2D eigenvalue weighted by molar-refractivity contribution is 6.30. The van der Waals surface area contributed by atoms with E-state index in [1.807, 2.05) is 30.3 Å². The van der Waals surface area contributed by atoms with Crippen molar-refractivity contribution >= 4 is 40.8 Å². The fourth-order valence-corrected chi connectivity index (χ4v) is 7.23. The van der Waals surface area contributed by atoms with Crippen LogP contribution in [0.2, 0.25) is 5.02 Å². The van der Waals surface area contributed by atoms with E-state index in [2.05, 4.69) is 5.32 Å². The maximum absolute atomic E-state index is 14.6. The van der Waals surface area contributed by atoms with Gasteiger partial charge in [0.2, 0.25) is 11.8 Å². The van der Waals surface area contributed by atoms with E-state index in [0.717, 1.165) is 11.1 Å². The summed E-state index contributed by atoms with van der Waals surface area (Å²) in [5, 5.41) is 35.7. The number of hydrogen-bond acceptors (Lipinski definition) is 9. The highest BCUT2D eigenvalue weighted by atomic mass is 35.5. The molecule has 0 saturated heterocycles. The standard InChI is InChI=1S/C44H45ClN4O7/c1-25-18-40(53)41(32-21-33(24-47)42(54)36(22-32)35-19-27(7-16-38(35)51)20-37(26(2)50)48-43(25)55)49(3)44(56)31(6-4-5-17-46)23-39(52)30-10-8-28(9-11-30)29-12-14-34(45)15-13-29/h7-16,19,21-22,25,31,37,41,51,54H,4-6,17-18,20,23,46H2,1-3H3,(H,48,55)/t25-,31-,37+,41+/m1/s1. The molecule has 0 saturated carbocycles. The first-order valence-electron chi connectivity index (χ1n) is 18.5. The zero-order chi connectivity index (χ0) is 40.7. The highest BCUT2D eigenvalue weighted by Gasteiger charge is 2.36. The molecule has 290 valence electrons. The Morgan fingerprint density at radius 2 is 1.61 bits per heavy atom. The third-order valence-corrected chi connectivity index (χ3v) is 10.6. The van der Waals surface area contributed by atoms with Crippen LogP contribution in [0, 0.1) is 23.2 Å². The number of carbonyl (C=O) groups is 5. The van der Waals surface area contributed by atoms with E-state index in [1.54, 1.807) is 43.3 Å². The molecule has 4 aromatic carbocycles. The van der Waals surface area contributed by atoms with Crippen LogP contribution in [0.5, 0.6) is 11.5 Å². The molecule has 0 aromatic heterocycles. The van der Waals surface area contributed by atoms with Crippen molar-refractivity contribution in [1.29, 1.82) is 5.26 Å². The summed E-state index contributed by atoms with van der Waals surface area (Å²) < 4.78 is 0. The second-order valence-corrected chi connectivity index (χ2v) is 14.9. The number of fused-ring (bicyclic) bond motifs is 5. The van der Waals surface area contributed by atoms with Gasteiger partial charge in [-0.2, -0.15) is 5.26 Å². The van der Waals surface area contributed by atoms with E-state index in [0.29, 0.717) is 42.0 Å². The summed E-state index contributed by atoms with van der Waals surface area (Å²) in [6, 6.07) is 21.2. The normalized spacial score (nSPS) is 17.5. The molecule has 0 aliphatic carbocycles. The summed E-state index contributed by atoms with van der Waals surface area (Å²) in [6.45, 7) is 3.26. The van der Waals surface area contributed by atoms with Gasteiger partial charge in [-0.05, 0) is 91.4 Å². The first kappa shape index (κ1) is 41.3. The molecule has 1 aliphatic heterocycles. The molecule has 5 N–H and O–H groups in total. The van der Waals surface area contributed by atoms with Gasteiger partial charge in [-0.1, -0.05) is 67.4 Å². The average Bonchev–Trinajstić information content (AvgIpc) is 3.18. The number of rotatable bonds is 11. The molecule has 12 heteroatoms. The van der Waals surface area contributed by atoms with Crippen LogP contribution in [-0.4, -0.2) is 63.9 Å². The molecule has 4 aromatic rings. The Balaban J connectivity index is 1.55. The summed E-state index contributed by atoms with van der Waals surface area (Å²) in [6.07, 6.45) is 0.996. The molecule has 2 amide bonds. The van der Waals surface area contributed by atoms with E-state index < -0.39 is 47.3 Å². The van der Waals surface area contributed by atoms with Gasteiger partial charge in [0.05, 0.1) is 11.6 Å². The molecule has 0 spiro atoms. The third-order valence-electron chi connectivity index (χ3n) is 10.3. The van der Waals surface area contributed by atoms with Crippen molar-refractivity contribution in [2.75, 3.05) is 13.6 Å². The number of aromatic hydroxyl groups is 2. The van der Waals surface area contributed by atoms with Gasteiger partial charge < -0.3 is 26.2 Å². The number of carbonyl (C=O) groups excluding carboxylic acids is 5. The molecular formula is C44H45ClN4O7. The lowest BCUT2D eigenvalue weighted by atomic mass is 9.87. The minimum Gasteiger partial charge on any atom is -0.507 e. The minimum absolute atomic E-state index is 0.0299. The maximum Gasteiger partial charge on any atom is 0.226 e. The van der Waals surface area contributed by atoms with Crippen LogP contribution < -0.4 is 11.1 Å². The number of halogens is 1. The predicted octanol–water partition coefficient (Wildman–Crippen LogP) is 6.70. The number of unbranched alkanes of at least 4 members (excludes halogenated alkanes) is 1. The van der Waals surface area contributed by atoms with Crippen molar-refractivity contribution in [3.63, 3.8) is 0 Å². The molecule has 4 atom stereocenters. The number of amides is 2. The molecule has 11 nitrogen and oxygen atoms in total. The SMILES string of the molecule is CC(=O)[C@@H]1Cc2ccc(O)c(c2)-c2cc(cc(C#N)c2O)[C@H](N(C)C(=O)[C@H](CCCCN)CC(=O)c2ccc(-c3ccc(Cl)cc3)cc2)C(=O)C[C@@H](C)C(=O)N1. The molecule has 56 heavy (non-hydrogen) atoms. The zero-order valence-corrected chi connectivity index (χ0v) is 32.3. The van der Waals surface area contributed by atoms with Crippen molar-refractivity contribution in [1.82, 2.24) is 10.2 Å². The summed E-state index contributed by atoms with van der Waals surface area (Å²) in [5.74, 6) is -4.69. The lowest BCUT2D eigenvalue weighted by Gasteiger charge is -2.32. The molecule has 1 aliphatic rings. The van der Waals surface area contributed by atoms with Gasteiger partial charge in [0, 0.05) is 53.4 Å². The summed E-state index contributed by atoms with van der Waals surface area (Å²) in [7, 11) is 1.43. The summed E-state index contributed by atoms with van der Waals surface area (Å²) >= 11 is 6.04. The smallest absolute Gasteiger partial charge is 0.226 e. The number of likely N-dealkylation sites (N-methyl/N-ethyl adjacent to an activating group) is 1. The molecular weight excluding hydrogens is 732 g/mol. The lowest BCUT2D eigenvalue weighted by molar-refractivity contribution is -0.142. The fraction of sp³-hybridized carbons (Fsp3) is 0.318. The van der Waals surface area contributed by atoms with Crippen molar-refractivity contribution in [2.24, 2.45) is 17.6 Å². The molecule has 0 radical (unpaired) electrons. The second-order valence-electron chi connectivity index (χ2n) is 14.4. The van der Waals surface area contributed by atoms with Gasteiger partial charge in [0.15, 0.2) is 17.3 Å². The Labute approximate surface area is 331 Å². The molecule has 0 unspecified atom stereocenters. The zero-order valence-electron chi connectivity index (χ0n) is 31.6. The van der Waals surface area contributed by atoms with Crippen molar-refractivity contribution < 1.29 is 34.2 Å². The Hall–Kier alpha value is -5.83. The van der Waals surface area contributed by atoms with E-state index in [-0.39, 0.29) is 58.8 Å². The van der Waals surface area contributed by atoms with E-state index >= 15 is 0 Å². The number of ketones is 3. The number of nitrogens with two attached hydrogens (primary N) is 1. The van der Waals surface area contributed by atoms with Crippen LogP contribution in [0.3, 0.4) is 0 Å². The number of nitriles is 1. The van der Waals surface area contributed by atoms with Crippen molar-refractivity contribution in [3.8, 4) is 39.8 Å². The molecule has 4 bridgehead atoms. The fourth-order valence-electron chi connectivity index (χ4n) is 7.10. The van der Waals surface area contributed by atoms with Gasteiger partial charge in [-0.3, -0.25) is 24.0 Å². The van der Waals surface area contributed by atoms with Crippen LogP contribution in [0.4, 0.5) is 0 Å². The number of nitrogens with one attached hydrogen (secondary N) is 1. The number of nitrogens with zero attached hydrogens (tertiary/aromatic N) is 2. The summed E-state index contributed by atoms with van der Waals surface area (Å²) in [4.78, 5) is 70.0. The summed E-state index contributed by atoms with van der Waals surface area (Å²) in [5.41, 5.74) is 8.64. The Morgan fingerprint density at radius 1 is 0.946 bits per heavy atom. The lowest BCUT2D eigenvalue weighted by Crippen LogP contribution is -2.45. The number of benzene rings is 4. The quantitative estimate of drug-likeness (QED) is 0.0948. The van der Waals surface area contributed by atoms with E-state index in [1.165, 1.54) is 37.1 Å². The van der Waals surface area contributed by atoms with Gasteiger partial charge in [-0.25, -0.2) is 0 Å². The molecule has 1 heterocycles. The number of hydrogen-bond donors (Lipinski definition) is 4. The number of phenolic OH excluding ortho intramolecular Hbond substituents is 2. The van der Waals surface area contributed by atoms with Gasteiger partial charge in [-0.15, -0.1) is 0 Å². The van der Waals surface area contributed by atoms with Crippen molar-refractivity contribution in [3.05, 3.63) is 106 Å². The van der Waals surface area contributed by atoms with E-state index in [4.69, 9.17) is 17.3 Å². The van der Waals surface area contributed by atoms with Gasteiger partial charge in [0.1, 0.15) is 23.6 Å². The number of Topliss-reactive ketones (excluding diaryl/α,β-unsaturated/α-hetero) is 3. The van der Waals surface area contributed by atoms with Crippen LogP contribution in [-0.2, 0) is 25.6 Å². The monoisotopic (exact) mass is 776 g/mol. The minimum atomic E-state index is -1.37. The first-order chi connectivity index (χ1) is 26.7. The van der Waals surface area contributed by atoms with Gasteiger partial charge >= 0.3 is 0 Å². The van der Waals surface area contributed by atoms with Crippen LogP contribution in [0.25, 0.3) is 22.3 Å². The Bertz CT molecular complexity index is 2180.